The van der Waals surface area contributed by atoms with Gasteiger partial charge in [0.15, 0.2) is 12.0 Å². The first-order valence-electron chi connectivity index (χ1n) is 15.1. The molecule has 0 aliphatic carbocycles. The molecule has 3 fully saturated rings. The Balaban J connectivity index is 1.34. The van der Waals surface area contributed by atoms with Crippen LogP contribution in [-0.2, 0) is 9.47 Å². The number of likely N-dealkylation sites (tertiary alicyclic amines) is 1. The number of nitrogens with zero attached hydrogens (tertiary/aromatic N) is 7. The topological polar surface area (TPSA) is 99.9 Å². The lowest BCUT2D eigenvalue weighted by Crippen LogP contribution is -2.33. The van der Waals surface area contributed by atoms with Crippen molar-refractivity contribution in [2.75, 3.05) is 51.8 Å². The zero-order valence-corrected chi connectivity index (χ0v) is 26.9. The third kappa shape index (κ3) is 5.74. The molecular weight excluding hydrogens is 629 g/mol. The summed E-state index contributed by atoms with van der Waals surface area (Å²) < 4.78 is 26.5. The smallest absolute Gasteiger partial charge is 0.319 e. The summed E-state index contributed by atoms with van der Waals surface area (Å²) in [6.45, 7) is 3.84. The van der Waals surface area contributed by atoms with Gasteiger partial charge in [0.1, 0.15) is 33.7 Å². The van der Waals surface area contributed by atoms with Gasteiger partial charge in [-0.3, -0.25) is 4.90 Å². The fourth-order valence-electron chi connectivity index (χ4n) is 6.35. The van der Waals surface area contributed by atoms with Gasteiger partial charge in [-0.25, -0.2) is 4.68 Å². The Labute approximate surface area is 270 Å². The van der Waals surface area contributed by atoms with Crippen molar-refractivity contribution >= 4 is 62.4 Å². The Hall–Kier alpha value is -2.67. The summed E-state index contributed by atoms with van der Waals surface area (Å²) in [6.07, 6.45) is 7.41. The van der Waals surface area contributed by atoms with Gasteiger partial charge in [0.25, 0.3) is 0 Å². The van der Waals surface area contributed by atoms with Crippen LogP contribution in [0.15, 0.2) is 18.3 Å². The van der Waals surface area contributed by atoms with Crippen molar-refractivity contribution in [2.24, 2.45) is 0 Å². The minimum absolute atomic E-state index is 0.111. The highest BCUT2D eigenvalue weighted by atomic mass is 35.5. The highest BCUT2D eigenvalue weighted by molar-refractivity contribution is 6.44. The van der Waals surface area contributed by atoms with Crippen LogP contribution in [0.5, 0.6) is 17.6 Å². The Bertz CT molecular complexity index is 1680. The van der Waals surface area contributed by atoms with E-state index in [1.165, 1.54) is 6.42 Å². The summed E-state index contributed by atoms with van der Waals surface area (Å²) >= 11 is 20.1. The van der Waals surface area contributed by atoms with Gasteiger partial charge in [-0.05, 0) is 57.7 Å². The molecule has 0 N–H and O–H groups in total. The standard InChI is InChI=1S/C30H34Cl3N7O4/c1-38-15-21(41-2)22(16-38)43-30-36-26-17(28(37-30)39-9-5-3-6-10-39)12-23(32)35-29(26)44-27-18-14-34-40(24-8-4-7-11-42-24)20(18)13-19(31)25(27)33/h12-14,21-22,24H,3-11,15-16H2,1-2H3/t21-,22-,24?/m1/s1. The van der Waals surface area contributed by atoms with Gasteiger partial charge >= 0.3 is 6.01 Å². The molecule has 0 bridgehead atoms. The highest BCUT2D eigenvalue weighted by Gasteiger charge is 2.34. The van der Waals surface area contributed by atoms with E-state index in [1.54, 1.807) is 25.4 Å². The fraction of sp³-hybridized carbons (Fsp3) is 0.533. The molecule has 0 radical (unpaired) electrons. The van der Waals surface area contributed by atoms with E-state index in [1.807, 2.05) is 11.7 Å². The number of anilines is 1. The number of benzene rings is 1. The molecule has 234 valence electrons. The van der Waals surface area contributed by atoms with Gasteiger partial charge < -0.3 is 23.8 Å². The van der Waals surface area contributed by atoms with E-state index in [4.69, 9.17) is 63.7 Å². The third-order valence-electron chi connectivity index (χ3n) is 8.57. The number of piperidine rings is 1. The molecule has 0 spiro atoms. The van der Waals surface area contributed by atoms with Crippen LogP contribution in [0.3, 0.4) is 0 Å². The molecule has 6 heterocycles. The van der Waals surface area contributed by atoms with Gasteiger partial charge in [0.2, 0.25) is 5.88 Å². The number of halogens is 3. The first-order valence-corrected chi connectivity index (χ1v) is 16.2. The van der Waals surface area contributed by atoms with Gasteiger partial charge in [0.05, 0.1) is 27.5 Å². The van der Waals surface area contributed by atoms with Crippen molar-refractivity contribution in [2.45, 2.75) is 57.0 Å². The number of hydrogen-bond donors (Lipinski definition) is 0. The molecule has 0 saturated carbocycles. The van der Waals surface area contributed by atoms with E-state index in [0.29, 0.717) is 40.2 Å². The number of fused-ring (bicyclic) bond motifs is 2. The number of methoxy groups -OCH3 is 1. The van der Waals surface area contributed by atoms with Gasteiger partial charge in [-0.1, -0.05) is 34.8 Å². The second-order valence-corrected chi connectivity index (χ2v) is 12.8. The summed E-state index contributed by atoms with van der Waals surface area (Å²) in [5.41, 5.74) is 1.20. The summed E-state index contributed by atoms with van der Waals surface area (Å²) in [7, 11) is 3.72. The molecule has 7 rings (SSSR count). The zero-order chi connectivity index (χ0) is 30.4. The molecule has 1 aromatic carbocycles. The Morgan fingerprint density at radius 1 is 0.932 bits per heavy atom. The molecule has 14 heteroatoms. The average Bonchev–Trinajstić information content (AvgIpc) is 3.62. The van der Waals surface area contributed by atoms with Crippen molar-refractivity contribution in [1.82, 2.24) is 29.6 Å². The molecule has 3 atom stereocenters. The first kappa shape index (κ1) is 30.0. The van der Waals surface area contributed by atoms with Crippen LogP contribution in [0.4, 0.5) is 5.82 Å². The summed E-state index contributed by atoms with van der Waals surface area (Å²) in [6, 6.07) is 3.78. The van der Waals surface area contributed by atoms with Crippen LogP contribution in [0, 0.1) is 0 Å². The van der Waals surface area contributed by atoms with Crippen LogP contribution in [0.1, 0.15) is 44.8 Å². The molecule has 3 aliphatic heterocycles. The number of likely N-dealkylation sites (N-methyl/N-ethyl adjacent to an activating group) is 1. The molecule has 44 heavy (non-hydrogen) atoms. The maximum atomic E-state index is 6.78. The number of hydrogen-bond acceptors (Lipinski definition) is 10. The van der Waals surface area contributed by atoms with E-state index in [2.05, 4.69) is 19.9 Å². The normalized spacial score (nSPS) is 23.1. The van der Waals surface area contributed by atoms with E-state index >= 15 is 0 Å². The van der Waals surface area contributed by atoms with Crippen molar-refractivity contribution in [3.8, 4) is 17.6 Å². The third-order valence-corrected chi connectivity index (χ3v) is 9.53. The van der Waals surface area contributed by atoms with E-state index in [9.17, 15) is 0 Å². The number of ether oxygens (including phenoxy) is 4. The SMILES string of the molecule is CO[C@@H]1CN(C)C[C@H]1Oc1nc(N2CCCCC2)c2cc(Cl)nc(Oc3c(Cl)c(Cl)cc4c3cnn4C3CCCCO3)c2n1. The average molecular weight is 663 g/mol. The molecule has 4 aromatic rings. The molecule has 0 amide bonds. The zero-order valence-electron chi connectivity index (χ0n) is 24.6. The van der Waals surface area contributed by atoms with Crippen LogP contribution in [-0.4, -0.2) is 88.8 Å². The van der Waals surface area contributed by atoms with E-state index < -0.39 is 0 Å². The molecule has 1 unspecified atom stereocenters. The predicted molar refractivity (Wildman–Crippen MR) is 170 cm³/mol. The van der Waals surface area contributed by atoms with Gasteiger partial charge in [-0.2, -0.15) is 20.1 Å². The summed E-state index contributed by atoms with van der Waals surface area (Å²) in [5.74, 6) is 1.20. The number of pyridine rings is 1. The van der Waals surface area contributed by atoms with E-state index in [0.717, 1.165) is 63.1 Å². The van der Waals surface area contributed by atoms with Crippen molar-refractivity contribution < 1.29 is 18.9 Å². The fourth-order valence-corrected chi connectivity index (χ4v) is 6.92. The first-order chi connectivity index (χ1) is 21.4. The lowest BCUT2D eigenvalue weighted by molar-refractivity contribution is -0.0366. The monoisotopic (exact) mass is 661 g/mol. The second kappa shape index (κ2) is 12.6. The van der Waals surface area contributed by atoms with Crippen LogP contribution in [0.2, 0.25) is 15.2 Å². The molecule has 3 aliphatic rings. The minimum Gasteiger partial charge on any atom is -0.456 e. The Morgan fingerprint density at radius 2 is 1.75 bits per heavy atom. The summed E-state index contributed by atoms with van der Waals surface area (Å²) in [5, 5.41) is 6.80. The Morgan fingerprint density at radius 3 is 2.52 bits per heavy atom. The molecule has 3 saturated heterocycles. The number of rotatable bonds is 7. The maximum Gasteiger partial charge on any atom is 0.319 e. The largest absolute Gasteiger partial charge is 0.456 e. The van der Waals surface area contributed by atoms with Gasteiger partial charge in [0, 0.05) is 39.9 Å². The van der Waals surface area contributed by atoms with Crippen molar-refractivity contribution in [3.63, 3.8) is 0 Å². The van der Waals surface area contributed by atoms with Crippen LogP contribution >= 0.6 is 34.8 Å². The Kier molecular flexibility index (Phi) is 8.60. The summed E-state index contributed by atoms with van der Waals surface area (Å²) in [4.78, 5) is 18.7. The highest BCUT2D eigenvalue weighted by Crippen LogP contribution is 2.44. The maximum absolute atomic E-state index is 6.78. The lowest BCUT2D eigenvalue weighted by atomic mass is 10.1. The van der Waals surface area contributed by atoms with Crippen LogP contribution < -0.4 is 14.4 Å². The lowest BCUT2D eigenvalue weighted by Gasteiger charge is -2.29. The quantitative estimate of drug-likeness (QED) is 0.203. The molecule has 11 nitrogen and oxygen atoms in total. The second-order valence-electron chi connectivity index (χ2n) is 11.6. The van der Waals surface area contributed by atoms with Crippen molar-refractivity contribution in [1.29, 1.82) is 0 Å². The number of aromatic nitrogens is 5. The minimum atomic E-state index is -0.240. The van der Waals surface area contributed by atoms with Crippen molar-refractivity contribution in [3.05, 3.63) is 33.5 Å². The molecule has 3 aromatic heterocycles. The van der Waals surface area contributed by atoms with Gasteiger partial charge in [-0.15, -0.1) is 0 Å². The predicted octanol–water partition coefficient (Wildman–Crippen LogP) is 6.52. The van der Waals surface area contributed by atoms with E-state index in [-0.39, 0.29) is 40.5 Å². The molecular formula is C30H34Cl3N7O4. The van der Waals surface area contributed by atoms with Crippen LogP contribution in [0.25, 0.3) is 21.8 Å².